The summed E-state index contributed by atoms with van der Waals surface area (Å²) in [6, 6.07) is 0.0748. The molecule has 5 rings (SSSR count). The van der Waals surface area contributed by atoms with Crippen LogP contribution in [0.4, 0.5) is 5.69 Å². The molecule has 11 nitrogen and oxygen atoms in total. The van der Waals surface area contributed by atoms with E-state index in [-0.39, 0.29) is 23.7 Å². The lowest BCUT2D eigenvalue weighted by Crippen LogP contribution is -2.31. The van der Waals surface area contributed by atoms with Crippen LogP contribution in [0.1, 0.15) is 29.4 Å². The fourth-order valence-corrected chi connectivity index (χ4v) is 3.12. The minimum atomic E-state index is -0.443. The number of nitrogens with one attached hydrogen (secondary N) is 2. The summed E-state index contributed by atoms with van der Waals surface area (Å²) in [4.78, 5) is 25.3. The van der Waals surface area contributed by atoms with Crippen LogP contribution in [0.3, 0.4) is 0 Å². The lowest BCUT2D eigenvalue weighted by molar-refractivity contribution is 0.0435. The lowest BCUT2D eigenvalue weighted by atomic mass is 9.90. The molecule has 146 valence electrons. The van der Waals surface area contributed by atoms with Crippen LogP contribution in [0.15, 0.2) is 47.9 Å². The van der Waals surface area contributed by atoms with Gasteiger partial charge in [-0.05, 0) is 12.8 Å². The van der Waals surface area contributed by atoms with Crippen molar-refractivity contribution < 1.29 is 14.3 Å². The van der Waals surface area contributed by atoms with E-state index in [1.165, 1.54) is 6.26 Å². The van der Waals surface area contributed by atoms with E-state index in [1.807, 2.05) is 0 Å². The molecule has 0 bridgehead atoms. The average Bonchev–Trinajstić information content (AvgIpc) is 3.45. The summed E-state index contributed by atoms with van der Waals surface area (Å²) >= 11 is 0. The highest BCUT2D eigenvalue weighted by atomic mass is 16.3. The van der Waals surface area contributed by atoms with Gasteiger partial charge in [-0.3, -0.25) is 24.5 Å². The Balaban J connectivity index is 1.43. The molecular formula is C18H16N8O3. The Bertz CT molecular complexity index is 1130. The molecule has 0 atom stereocenters. The number of aliphatic hydroxyl groups excluding tert-OH is 1. The Morgan fingerprint density at radius 1 is 1.31 bits per heavy atom. The minimum Gasteiger partial charge on any atom is -0.444 e. The van der Waals surface area contributed by atoms with Crippen LogP contribution >= 0.6 is 0 Å². The van der Waals surface area contributed by atoms with E-state index in [0.717, 1.165) is 0 Å². The summed E-state index contributed by atoms with van der Waals surface area (Å²) in [7, 11) is 0. The third-order valence-corrected chi connectivity index (χ3v) is 4.73. The van der Waals surface area contributed by atoms with Gasteiger partial charge in [-0.1, -0.05) is 0 Å². The van der Waals surface area contributed by atoms with Crippen molar-refractivity contribution in [2.24, 2.45) is 0 Å². The van der Waals surface area contributed by atoms with Crippen LogP contribution in [0.5, 0.6) is 0 Å². The zero-order valence-electron chi connectivity index (χ0n) is 15.1. The van der Waals surface area contributed by atoms with Crippen LogP contribution < -0.4 is 5.32 Å². The van der Waals surface area contributed by atoms with Gasteiger partial charge in [-0.25, -0.2) is 4.98 Å². The van der Waals surface area contributed by atoms with E-state index < -0.39 is 5.91 Å². The van der Waals surface area contributed by atoms with E-state index in [2.05, 4.69) is 35.6 Å². The number of aromatic nitrogens is 7. The Labute approximate surface area is 163 Å². The Kier molecular flexibility index (Phi) is 4.13. The summed E-state index contributed by atoms with van der Waals surface area (Å²) in [5.41, 5.74) is 2.26. The number of amides is 1. The van der Waals surface area contributed by atoms with Gasteiger partial charge in [0.15, 0.2) is 5.69 Å². The van der Waals surface area contributed by atoms with Gasteiger partial charge in [0.2, 0.25) is 5.89 Å². The summed E-state index contributed by atoms with van der Waals surface area (Å²) < 4.78 is 7.10. The average molecular weight is 392 g/mol. The SMILES string of the molecule is O=C(Nc1cn([C@H]2C[C@@H](O)C2)nc1-c1cnccn1)c1coc(-c2cn[nH]c2)n1. The molecular weight excluding hydrogens is 376 g/mol. The highest BCUT2D eigenvalue weighted by Gasteiger charge is 2.31. The highest BCUT2D eigenvalue weighted by molar-refractivity contribution is 6.04. The van der Waals surface area contributed by atoms with Gasteiger partial charge in [0.1, 0.15) is 17.7 Å². The summed E-state index contributed by atoms with van der Waals surface area (Å²) in [6.07, 6.45) is 11.8. The van der Waals surface area contributed by atoms with E-state index in [1.54, 1.807) is 41.9 Å². The molecule has 1 fully saturated rings. The Morgan fingerprint density at radius 3 is 2.93 bits per heavy atom. The molecule has 0 spiro atoms. The van der Waals surface area contributed by atoms with Crippen molar-refractivity contribution in [3.05, 3.63) is 49.1 Å². The second-order valence-corrected chi connectivity index (χ2v) is 6.72. The molecule has 11 heteroatoms. The molecule has 0 aliphatic heterocycles. The van der Waals surface area contributed by atoms with Crippen molar-refractivity contribution in [3.63, 3.8) is 0 Å². The number of hydrogen-bond donors (Lipinski definition) is 3. The standard InChI is InChI=1S/C18H16N8O3/c27-12-3-11(4-12)26-8-14(16(25-26)13-7-19-1-2-20-13)23-17(28)15-9-29-18(24-15)10-5-21-22-6-10/h1-2,5-9,11-12,27H,3-4H2,(H,21,22)(H,23,28)/t11-,12+. The number of rotatable bonds is 5. The van der Waals surface area contributed by atoms with Gasteiger partial charge in [0, 0.05) is 24.8 Å². The maximum absolute atomic E-state index is 12.7. The second-order valence-electron chi connectivity index (χ2n) is 6.72. The molecule has 4 aromatic heterocycles. The normalized spacial score (nSPS) is 18.4. The number of oxazole rings is 1. The smallest absolute Gasteiger partial charge is 0.277 e. The quantitative estimate of drug-likeness (QED) is 0.464. The number of aliphatic hydroxyl groups is 1. The van der Waals surface area contributed by atoms with E-state index in [0.29, 0.717) is 35.5 Å². The molecule has 1 aliphatic carbocycles. The number of carbonyl (C=O) groups is 1. The van der Waals surface area contributed by atoms with Crippen LogP contribution in [0, 0.1) is 0 Å². The largest absolute Gasteiger partial charge is 0.444 e. The Hall–Kier alpha value is -3.86. The first-order chi connectivity index (χ1) is 14.2. The monoisotopic (exact) mass is 392 g/mol. The van der Waals surface area contributed by atoms with Crippen LogP contribution in [0.25, 0.3) is 22.8 Å². The predicted molar refractivity (Wildman–Crippen MR) is 99.6 cm³/mol. The molecule has 0 unspecified atom stereocenters. The highest BCUT2D eigenvalue weighted by Crippen LogP contribution is 2.35. The number of aromatic amines is 1. The lowest BCUT2D eigenvalue weighted by Gasteiger charge is -2.31. The molecule has 0 saturated heterocycles. The number of hydrogen-bond acceptors (Lipinski definition) is 8. The van der Waals surface area contributed by atoms with Crippen LogP contribution in [0.2, 0.25) is 0 Å². The number of H-pyrrole nitrogens is 1. The molecule has 1 amide bonds. The van der Waals surface area contributed by atoms with Crippen LogP contribution in [-0.4, -0.2) is 52.0 Å². The summed E-state index contributed by atoms with van der Waals surface area (Å²) in [5.74, 6) is -0.154. The molecule has 4 heterocycles. The van der Waals surface area contributed by atoms with Crippen molar-refractivity contribution in [1.82, 2.24) is 34.9 Å². The molecule has 1 aliphatic rings. The molecule has 0 radical (unpaired) electrons. The number of carbonyl (C=O) groups excluding carboxylic acids is 1. The fourth-order valence-electron chi connectivity index (χ4n) is 3.12. The number of anilines is 1. The first kappa shape index (κ1) is 17.3. The van der Waals surface area contributed by atoms with Gasteiger partial charge < -0.3 is 14.8 Å². The first-order valence-corrected chi connectivity index (χ1v) is 8.97. The first-order valence-electron chi connectivity index (χ1n) is 8.97. The van der Waals surface area contributed by atoms with Crippen molar-refractivity contribution in [3.8, 4) is 22.8 Å². The van der Waals surface area contributed by atoms with Gasteiger partial charge in [0.05, 0.1) is 35.8 Å². The Morgan fingerprint density at radius 2 is 2.21 bits per heavy atom. The minimum absolute atomic E-state index is 0.0748. The third kappa shape index (κ3) is 3.27. The van der Waals surface area contributed by atoms with Crippen LogP contribution in [-0.2, 0) is 0 Å². The van der Waals surface area contributed by atoms with Gasteiger partial charge in [0.25, 0.3) is 5.91 Å². The maximum Gasteiger partial charge on any atom is 0.277 e. The zero-order valence-corrected chi connectivity index (χ0v) is 15.1. The maximum atomic E-state index is 12.7. The molecule has 0 aromatic carbocycles. The molecule has 4 aromatic rings. The van der Waals surface area contributed by atoms with Gasteiger partial charge in [-0.2, -0.15) is 10.2 Å². The second kappa shape index (κ2) is 6.95. The summed E-state index contributed by atoms with van der Waals surface area (Å²) in [5, 5.41) is 23.5. The zero-order chi connectivity index (χ0) is 19.8. The third-order valence-electron chi connectivity index (χ3n) is 4.73. The van der Waals surface area contributed by atoms with E-state index >= 15 is 0 Å². The van der Waals surface area contributed by atoms with Gasteiger partial charge >= 0.3 is 0 Å². The molecule has 1 saturated carbocycles. The number of nitrogens with zero attached hydrogens (tertiary/aromatic N) is 6. The predicted octanol–water partition coefficient (Wildman–Crippen LogP) is 1.67. The van der Waals surface area contributed by atoms with Crippen molar-refractivity contribution in [2.45, 2.75) is 25.0 Å². The van der Waals surface area contributed by atoms with Gasteiger partial charge in [-0.15, -0.1) is 0 Å². The van der Waals surface area contributed by atoms with Crippen molar-refractivity contribution in [1.29, 1.82) is 0 Å². The van der Waals surface area contributed by atoms with Crippen molar-refractivity contribution >= 4 is 11.6 Å². The van der Waals surface area contributed by atoms with E-state index in [4.69, 9.17) is 4.42 Å². The fraction of sp³-hybridized carbons (Fsp3) is 0.222. The molecule has 3 N–H and O–H groups in total. The van der Waals surface area contributed by atoms with E-state index in [9.17, 15) is 9.90 Å². The summed E-state index contributed by atoms with van der Waals surface area (Å²) in [6.45, 7) is 0. The topological polar surface area (TPSA) is 148 Å². The molecule has 29 heavy (non-hydrogen) atoms. The van der Waals surface area contributed by atoms with Crippen molar-refractivity contribution in [2.75, 3.05) is 5.32 Å².